The van der Waals surface area contributed by atoms with E-state index in [1.54, 1.807) is 0 Å². The summed E-state index contributed by atoms with van der Waals surface area (Å²) in [6.45, 7) is 1.48. The zero-order chi connectivity index (χ0) is 12.4. The predicted octanol–water partition coefficient (Wildman–Crippen LogP) is 2.08. The van der Waals surface area contributed by atoms with E-state index in [0.29, 0.717) is 5.56 Å². The van der Waals surface area contributed by atoms with Crippen LogP contribution in [0.15, 0.2) is 30.5 Å². The molecule has 0 radical (unpaired) electrons. The van der Waals surface area contributed by atoms with Crippen LogP contribution in [0.25, 0.3) is 10.9 Å². The molecule has 1 aliphatic rings. The summed E-state index contributed by atoms with van der Waals surface area (Å²) in [5.41, 5.74) is 1.77. The fourth-order valence-corrected chi connectivity index (χ4v) is 2.31. The van der Waals surface area contributed by atoms with Crippen LogP contribution in [-0.2, 0) is 4.74 Å². The highest BCUT2D eigenvalue weighted by molar-refractivity contribution is 5.98. The minimum absolute atomic E-state index is 0.00463. The minimum atomic E-state index is 0.00463. The Morgan fingerprint density at radius 3 is 2.94 bits per heavy atom. The molecule has 1 aromatic carbocycles. The van der Waals surface area contributed by atoms with Gasteiger partial charge in [-0.3, -0.25) is 4.79 Å². The third-order valence-electron chi connectivity index (χ3n) is 3.37. The second-order valence-electron chi connectivity index (χ2n) is 4.64. The molecular weight excluding hydrogens is 228 g/mol. The summed E-state index contributed by atoms with van der Waals surface area (Å²) >= 11 is 0. The highest BCUT2D eigenvalue weighted by Crippen LogP contribution is 2.15. The maximum atomic E-state index is 12.1. The van der Waals surface area contributed by atoms with Crippen LogP contribution in [0, 0.1) is 0 Å². The van der Waals surface area contributed by atoms with E-state index in [4.69, 9.17) is 4.74 Å². The number of carbonyl (C=O) groups is 1. The van der Waals surface area contributed by atoms with E-state index in [-0.39, 0.29) is 11.9 Å². The monoisotopic (exact) mass is 244 g/mol. The molecule has 1 fully saturated rings. The quantitative estimate of drug-likeness (QED) is 0.849. The molecule has 2 N–H and O–H groups in total. The number of H-pyrrole nitrogens is 1. The SMILES string of the molecule is O=C(NC1CCOCC1)c1ccc2[nH]ccc2c1. The number of hydrogen-bond acceptors (Lipinski definition) is 2. The molecule has 1 aliphatic heterocycles. The third-order valence-corrected chi connectivity index (χ3v) is 3.37. The summed E-state index contributed by atoms with van der Waals surface area (Å²) in [5.74, 6) is 0.00463. The van der Waals surface area contributed by atoms with Crippen molar-refractivity contribution in [2.24, 2.45) is 0 Å². The van der Waals surface area contributed by atoms with Gasteiger partial charge in [0.25, 0.3) is 5.91 Å². The average molecular weight is 244 g/mol. The first-order valence-electron chi connectivity index (χ1n) is 6.29. The number of hydrogen-bond donors (Lipinski definition) is 2. The van der Waals surface area contributed by atoms with E-state index in [1.165, 1.54) is 0 Å². The molecule has 2 heterocycles. The largest absolute Gasteiger partial charge is 0.381 e. The van der Waals surface area contributed by atoms with Crippen LogP contribution < -0.4 is 5.32 Å². The molecule has 4 heteroatoms. The van der Waals surface area contributed by atoms with Gasteiger partial charge >= 0.3 is 0 Å². The molecule has 1 aromatic heterocycles. The van der Waals surface area contributed by atoms with Crippen molar-refractivity contribution < 1.29 is 9.53 Å². The van der Waals surface area contributed by atoms with E-state index in [2.05, 4.69) is 10.3 Å². The van der Waals surface area contributed by atoms with E-state index in [1.807, 2.05) is 30.5 Å². The summed E-state index contributed by atoms with van der Waals surface area (Å²) in [7, 11) is 0. The number of fused-ring (bicyclic) bond motifs is 1. The van der Waals surface area contributed by atoms with Crippen LogP contribution in [-0.4, -0.2) is 30.1 Å². The van der Waals surface area contributed by atoms with Gasteiger partial charge in [-0.15, -0.1) is 0 Å². The van der Waals surface area contributed by atoms with Gasteiger partial charge in [0.05, 0.1) is 0 Å². The maximum absolute atomic E-state index is 12.1. The standard InChI is InChI=1S/C14H16N2O2/c17-14(16-12-4-7-18-8-5-12)11-1-2-13-10(9-11)3-6-15-13/h1-3,6,9,12,15H,4-5,7-8H2,(H,16,17). The lowest BCUT2D eigenvalue weighted by Gasteiger charge is -2.23. The lowest BCUT2D eigenvalue weighted by atomic mass is 10.1. The Labute approximate surface area is 105 Å². The Hall–Kier alpha value is -1.81. The van der Waals surface area contributed by atoms with Crippen molar-refractivity contribution in [1.29, 1.82) is 0 Å². The van der Waals surface area contributed by atoms with Gasteiger partial charge < -0.3 is 15.0 Å². The van der Waals surface area contributed by atoms with Gasteiger partial charge in [0, 0.05) is 41.9 Å². The van der Waals surface area contributed by atoms with Gasteiger partial charge in [-0.1, -0.05) is 0 Å². The normalized spacial score (nSPS) is 16.9. The maximum Gasteiger partial charge on any atom is 0.251 e. The van der Waals surface area contributed by atoms with Crippen molar-refractivity contribution >= 4 is 16.8 Å². The smallest absolute Gasteiger partial charge is 0.251 e. The summed E-state index contributed by atoms with van der Waals surface area (Å²) in [4.78, 5) is 15.2. The first-order valence-corrected chi connectivity index (χ1v) is 6.29. The second-order valence-corrected chi connectivity index (χ2v) is 4.64. The van der Waals surface area contributed by atoms with Gasteiger partial charge in [-0.2, -0.15) is 0 Å². The highest BCUT2D eigenvalue weighted by atomic mass is 16.5. The first kappa shape index (κ1) is 11.3. The Balaban J connectivity index is 1.74. The van der Waals surface area contributed by atoms with Crippen LogP contribution in [0.2, 0.25) is 0 Å². The summed E-state index contributed by atoms with van der Waals surface area (Å²) in [6.07, 6.45) is 3.68. The van der Waals surface area contributed by atoms with Crippen molar-refractivity contribution in [3.8, 4) is 0 Å². The van der Waals surface area contributed by atoms with Gasteiger partial charge in [0.2, 0.25) is 0 Å². The molecule has 1 saturated heterocycles. The Morgan fingerprint density at radius 2 is 2.11 bits per heavy atom. The lowest BCUT2D eigenvalue weighted by Crippen LogP contribution is -2.38. The number of aromatic nitrogens is 1. The van der Waals surface area contributed by atoms with Crippen LogP contribution in [0.4, 0.5) is 0 Å². The molecule has 2 aromatic rings. The fraction of sp³-hybridized carbons (Fsp3) is 0.357. The van der Waals surface area contributed by atoms with Crippen molar-refractivity contribution in [1.82, 2.24) is 10.3 Å². The molecule has 94 valence electrons. The zero-order valence-electron chi connectivity index (χ0n) is 10.1. The highest BCUT2D eigenvalue weighted by Gasteiger charge is 2.17. The van der Waals surface area contributed by atoms with E-state index in [9.17, 15) is 4.79 Å². The zero-order valence-corrected chi connectivity index (χ0v) is 10.1. The number of aromatic amines is 1. The number of rotatable bonds is 2. The molecule has 4 nitrogen and oxygen atoms in total. The number of benzene rings is 1. The summed E-state index contributed by atoms with van der Waals surface area (Å²) < 4.78 is 5.28. The average Bonchev–Trinajstić information content (AvgIpc) is 2.87. The topological polar surface area (TPSA) is 54.1 Å². The van der Waals surface area contributed by atoms with Crippen LogP contribution in [0.5, 0.6) is 0 Å². The molecule has 0 bridgehead atoms. The first-order chi connectivity index (χ1) is 8.83. The molecule has 18 heavy (non-hydrogen) atoms. The fourth-order valence-electron chi connectivity index (χ4n) is 2.31. The lowest BCUT2D eigenvalue weighted by molar-refractivity contribution is 0.0696. The molecular formula is C14H16N2O2. The van der Waals surface area contributed by atoms with Crippen LogP contribution in [0.3, 0.4) is 0 Å². The molecule has 0 spiro atoms. The molecule has 0 atom stereocenters. The Bertz CT molecular complexity index is 556. The van der Waals surface area contributed by atoms with E-state index in [0.717, 1.165) is 37.0 Å². The van der Waals surface area contributed by atoms with Crippen molar-refractivity contribution in [2.45, 2.75) is 18.9 Å². The van der Waals surface area contributed by atoms with Gasteiger partial charge in [0.15, 0.2) is 0 Å². The Kier molecular flexibility index (Phi) is 3.02. The number of amides is 1. The van der Waals surface area contributed by atoms with Crippen LogP contribution in [0.1, 0.15) is 23.2 Å². The van der Waals surface area contributed by atoms with Crippen LogP contribution >= 0.6 is 0 Å². The predicted molar refractivity (Wildman–Crippen MR) is 69.6 cm³/mol. The summed E-state index contributed by atoms with van der Waals surface area (Å²) in [5, 5.41) is 4.13. The molecule has 0 aliphatic carbocycles. The number of ether oxygens (including phenoxy) is 1. The molecule has 1 amide bonds. The Morgan fingerprint density at radius 1 is 1.28 bits per heavy atom. The number of nitrogens with one attached hydrogen (secondary N) is 2. The molecule has 0 saturated carbocycles. The molecule has 0 unspecified atom stereocenters. The second kappa shape index (κ2) is 4.82. The van der Waals surface area contributed by atoms with Gasteiger partial charge in [-0.05, 0) is 37.1 Å². The van der Waals surface area contributed by atoms with Gasteiger partial charge in [-0.25, -0.2) is 0 Å². The molecule has 3 rings (SSSR count). The number of carbonyl (C=O) groups excluding carboxylic acids is 1. The third kappa shape index (κ3) is 2.24. The van der Waals surface area contributed by atoms with E-state index < -0.39 is 0 Å². The van der Waals surface area contributed by atoms with E-state index >= 15 is 0 Å². The summed E-state index contributed by atoms with van der Waals surface area (Å²) in [6, 6.07) is 7.93. The van der Waals surface area contributed by atoms with Crippen molar-refractivity contribution in [3.63, 3.8) is 0 Å². The van der Waals surface area contributed by atoms with Crippen molar-refractivity contribution in [3.05, 3.63) is 36.0 Å². The van der Waals surface area contributed by atoms with Crippen molar-refractivity contribution in [2.75, 3.05) is 13.2 Å². The minimum Gasteiger partial charge on any atom is -0.381 e. The van der Waals surface area contributed by atoms with Gasteiger partial charge in [0.1, 0.15) is 0 Å².